The molecule has 4 aromatic rings. The van der Waals surface area contributed by atoms with Gasteiger partial charge in [0.1, 0.15) is 5.69 Å². The zero-order valence-corrected chi connectivity index (χ0v) is 17.2. The number of hydrogen-bond donors (Lipinski definition) is 2. The van der Waals surface area contributed by atoms with Crippen molar-refractivity contribution in [2.24, 2.45) is 0 Å². The Morgan fingerprint density at radius 1 is 1.10 bits per heavy atom. The van der Waals surface area contributed by atoms with Crippen LogP contribution in [0.1, 0.15) is 48.8 Å². The molecule has 0 radical (unpaired) electrons. The van der Waals surface area contributed by atoms with Gasteiger partial charge >= 0.3 is 0 Å². The summed E-state index contributed by atoms with van der Waals surface area (Å²) in [5.41, 5.74) is 8.53. The van der Waals surface area contributed by atoms with E-state index in [2.05, 4.69) is 32.3 Å². The quantitative estimate of drug-likeness (QED) is 0.468. The van der Waals surface area contributed by atoms with Gasteiger partial charge < -0.3 is 4.98 Å². The fraction of sp³-hybridized carbons (Fsp3) is 0.320. The topological polar surface area (TPSA) is 77.7 Å². The van der Waals surface area contributed by atoms with E-state index in [9.17, 15) is 4.79 Å². The molecule has 1 aromatic carbocycles. The van der Waals surface area contributed by atoms with Crippen molar-refractivity contribution in [3.8, 4) is 11.4 Å². The van der Waals surface area contributed by atoms with E-state index >= 15 is 0 Å². The minimum atomic E-state index is -0.403. The molecule has 4 heterocycles. The number of amides is 1. The molecule has 154 valence electrons. The predicted octanol–water partition coefficient (Wildman–Crippen LogP) is 4.93. The number of aryl methyl sites for hydroxylation is 2. The highest BCUT2D eigenvalue weighted by molar-refractivity contribution is 6.15. The van der Waals surface area contributed by atoms with Crippen LogP contribution in [-0.2, 0) is 23.1 Å². The fourth-order valence-electron chi connectivity index (χ4n) is 6.14. The van der Waals surface area contributed by atoms with Gasteiger partial charge in [-0.05, 0) is 73.1 Å². The maximum atomic E-state index is 13.8. The maximum absolute atomic E-state index is 13.8. The lowest BCUT2D eigenvalue weighted by Gasteiger charge is -2.23. The molecule has 6 nitrogen and oxygen atoms in total. The van der Waals surface area contributed by atoms with Gasteiger partial charge in [0.25, 0.3) is 0 Å². The maximum Gasteiger partial charge on any atom is 0.242 e. The Balaban J connectivity index is 1.51. The van der Waals surface area contributed by atoms with Gasteiger partial charge in [0, 0.05) is 23.3 Å². The van der Waals surface area contributed by atoms with E-state index in [1.165, 1.54) is 22.1 Å². The van der Waals surface area contributed by atoms with E-state index in [-0.39, 0.29) is 5.91 Å². The molecule has 3 aliphatic rings. The van der Waals surface area contributed by atoms with Gasteiger partial charge in [0.2, 0.25) is 5.91 Å². The highest BCUT2D eigenvalue weighted by atomic mass is 16.2. The molecule has 0 bridgehead atoms. The van der Waals surface area contributed by atoms with Crippen LogP contribution in [0.2, 0.25) is 0 Å². The van der Waals surface area contributed by atoms with Crippen LogP contribution < -0.4 is 4.90 Å². The first kappa shape index (κ1) is 17.3. The highest BCUT2D eigenvalue weighted by Crippen LogP contribution is 2.55. The van der Waals surface area contributed by atoms with Crippen LogP contribution in [0.3, 0.4) is 0 Å². The number of pyridine rings is 1. The molecule has 0 saturated heterocycles. The van der Waals surface area contributed by atoms with E-state index in [1.807, 2.05) is 23.2 Å². The Morgan fingerprint density at radius 3 is 2.84 bits per heavy atom. The van der Waals surface area contributed by atoms with Crippen LogP contribution in [0.15, 0.2) is 42.9 Å². The predicted molar refractivity (Wildman–Crippen MR) is 119 cm³/mol. The van der Waals surface area contributed by atoms with Crippen LogP contribution in [0.5, 0.6) is 0 Å². The summed E-state index contributed by atoms with van der Waals surface area (Å²) in [6.07, 6.45) is 12.8. The SMILES string of the molecule is O=C1N(c2cccnc2)c2cc3c4c([nH]c3cc2C12CCCC2)-c1n[nH]cc1CCC4. The first-order valence-electron chi connectivity index (χ1n) is 11.2. The molecule has 6 heteroatoms. The Morgan fingerprint density at radius 2 is 2.00 bits per heavy atom. The van der Waals surface area contributed by atoms with Crippen molar-refractivity contribution in [2.45, 2.75) is 50.4 Å². The smallest absolute Gasteiger partial charge is 0.242 e. The molecule has 1 amide bonds. The molecule has 3 aromatic heterocycles. The van der Waals surface area contributed by atoms with E-state index in [1.54, 1.807) is 12.4 Å². The molecule has 1 fully saturated rings. The minimum absolute atomic E-state index is 0.210. The van der Waals surface area contributed by atoms with Crippen molar-refractivity contribution in [3.63, 3.8) is 0 Å². The number of carbonyl (C=O) groups excluding carboxylic acids is 1. The number of benzene rings is 1. The number of hydrogen-bond acceptors (Lipinski definition) is 3. The normalized spacial score (nSPS) is 19.0. The largest absolute Gasteiger partial charge is 0.353 e. The Hall–Kier alpha value is -3.41. The zero-order valence-electron chi connectivity index (χ0n) is 17.2. The molecule has 31 heavy (non-hydrogen) atoms. The van der Waals surface area contributed by atoms with Gasteiger partial charge in [-0.15, -0.1) is 0 Å². The number of aromatic nitrogens is 4. The second kappa shape index (κ2) is 6.06. The summed E-state index contributed by atoms with van der Waals surface area (Å²) < 4.78 is 0. The number of carbonyl (C=O) groups is 1. The summed E-state index contributed by atoms with van der Waals surface area (Å²) in [5.74, 6) is 0.210. The van der Waals surface area contributed by atoms with Crippen molar-refractivity contribution >= 4 is 28.2 Å². The minimum Gasteiger partial charge on any atom is -0.353 e. The van der Waals surface area contributed by atoms with Crippen molar-refractivity contribution in [1.82, 2.24) is 20.2 Å². The van der Waals surface area contributed by atoms with Crippen LogP contribution in [0.25, 0.3) is 22.3 Å². The Labute approximate surface area is 179 Å². The third-order valence-electron chi connectivity index (χ3n) is 7.58. The molecule has 7 rings (SSSR count). The van der Waals surface area contributed by atoms with E-state index in [4.69, 9.17) is 0 Å². The second-order valence-corrected chi connectivity index (χ2v) is 9.15. The number of nitrogens with zero attached hydrogens (tertiary/aromatic N) is 3. The number of H-pyrrole nitrogens is 2. The summed E-state index contributed by atoms with van der Waals surface area (Å²) in [5, 5.41) is 8.80. The van der Waals surface area contributed by atoms with E-state index < -0.39 is 5.41 Å². The Bertz CT molecular complexity index is 1340. The lowest BCUT2D eigenvalue weighted by molar-refractivity contribution is -0.122. The molecule has 0 unspecified atom stereocenters. The van der Waals surface area contributed by atoms with Crippen LogP contribution in [0, 0.1) is 0 Å². The highest BCUT2D eigenvalue weighted by Gasteiger charge is 2.53. The number of nitrogens with one attached hydrogen (secondary N) is 2. The fourth-order valence-corrected chi connectivity index (χ4v) is 6.14. The van der Waals surface area contributed by atoms with Crippen molar-refractivity contribution in [2.75, 3.05) is 4.90 Å². The molecule has 1 aliphatic heterocycles. The number of anilines is 2. The van der Waals surface area contributed by atoms with Gasteiger partial charge in [0.05, 0.1) is 28.7 Å². The van der Waals surface area contributed by atoms with Crippen molar-refractivity contribution in [3.05, 3.63) is 59.5 Å². The molecular weight excluding hydrogens is 386 g/mol. The van der Waals surface area contributed by atoms with E-state index in [0.717, 1.165) is 73.2 Å². The zero-order chi connectivity index (χ0) is 20.6. The lowest BCUT2D eigenvalue weighted by Crippen LogP contribution is -2.36. The first-order chi connectivity index (χ1) is 15.3. The summed E-state index contributed by atoms with van der Waals surface area (Å²) >= 11 is 0. The van der Waals surface area contributed by atoms with Crippen molar-refractivity contribution < 1.29 is 4.79 Å². The molecular formula is C25H23N5O. The first-order valence-corrected chi connectivity index (χ1v) is 11.2. The van der Waals surface area contributed by atoms with Gasteiger partial charge in [0.15, 0.2) is 0 Å². The van der Waals surface area contributed by atoms with Crippen LogP contribution in [-0.4, -0.2) is 26.1 Å². The number of aromatic amines is 2. The second-order valence-electron chi connectivity index (χ2n) is 9.15. The molecule has 2 N–H and O–H groups in total. The van der Waals surface area contributed by atoms with Crippen LogP contribution in [0.4, 0.5) is 11.4 Å². The number of fused-ring (bicyclic) bond motifs is 7. The Kier molecular flexibility index (Phi) is 3.38. The van der Waals surface area contributed by atoms with Gasteiger partial charge in [-0.25, -0.2) is 0 Å². The molecule has 1 saturated carbocycles. The molecule has 0 atom stereocenters. The monoisotopic (exact) mass is 409 g/mol. The summed E-state index contributed by atoms with van der Waals surface area (Å²) in [6, 6.07) is 8.39. The van der Waals surface area contributed by atoms with E-state index in [0.29, 0.717) is 0 Å². The number of rotatable bonds is 1. The van der Waals surface area contributed by atoms with Crippen molar-refractivity contribution in [1.29, 1.82) is 0 Å². The van der Waals surface area contributed by atoms with Gasteiger partial charge in [-0.1, -0.05) is 12.8 Å². The molecule has 1 spiro atoms. The summed E-state index contributed by atoms with van der Waals surface area (Å²) in [4.78, 5) is 23.7. The third-order valence-corrected chi connectivity index (χ3v) is 7.58. The summed E-state index contributed by atoms with van der Waals surface area (Å²) in [7, 11) is 0. The third kappa shape index (κ3) is 2.19. The van der Waals surface area contributed by atoms with Gasteiger partial charge in [-0.3, -0.25) is 19.8 Å². The average molecular weight is 409 g/mol. The average Bonchev–Trinajstić information content (AvgIpc) is 3.55. The standard InChI is InChI=1S/C25H23N5O/c31-24-25(8-1-2-9-25)19-12-20-18(11-21(19)30(24)16-6-4-10-26-14-16)17-7-3-5-15-13-27-29-22(15)23(17)28-20/h4,6,10-14,28H,1-3,5,7-9H2,(H,27,29). The summed E-state index contributed by atoms with van der Waals surface area (Å²) in [6.45, 7) is 0. The van der Waals surface area contributed by atoms with Gasteiger partial charge in [-0.2, -0.15) is 5.10 Å². The molecule has 2 aliphatic carbocycles. The van der Waals surface area contributed by atoms with Crippen LogP contribution >= 0.6 is 0 Å². The lowest BCUT2D eigenvalue weighted by atomic mass is 9.80.